The molecule has 1 fully saturated rings. The number of alkyl halides is 3. The minimum atomic E-state index is -4.47. The number of halogens is 3. The fourth-order valence-electron chi connectivity index (χ4n) is 2.96. The van der Waals surface area contributed by atoms with Gasteiger partial charge in [-0.15, -0.1) is 0 Å². The van der Waals surface area contributed by atoms with E-state index in [0.717, 1.165) is 11.8 Å². The zero-order valence-electron chi connectivity index (χ0n) is 21.7. The maximum atomic E-state index is 12.2. The minimum absolute atomic E-state index is 0.0736. The number of anilines is 1. The zero-order valence-corrected chi connectivity index (χ0v) is 21.7. The lowest BCUT2D eigenvalue weighted by molar-refractivity contribution is -0.141. The van der Waals surface area contributed by atoms with Gasteiger partial charge in [0, 0.05) is 18.7 Å². The summed E-state index contributed by atoms with van der Waals surface area (Å²) in [5, 5.41) is 22.1. The Morgan fingerprint density at radius 3 is 2.36 bits per heavy atom. The first-order valence-electron chi connectivity index (χ1n) is 11.9. The van der Waals surface area contributed by atoms with Gasteiger partial charge >= 0.3 is 6.18 Å². The van der Waals surface area contributed by atoms with E-state index in [1.54, 1.807) is 24.3 Å². The summed E-state index contributed by atoms with van der Waals surface area (Å²) in [5.74, 6) is -0.671. The van der Waals surface area contributed by atoms with Crippen molar-refractivity contribution >= 4 is 17.3 Å². The maximum absolute atomic E-state index is 12.2. The van der Waals surface area contributed by atoms with Crippen molar-refractivity contribution in [3.05, 3.63) is 85.4 Å². The molecule has 0 spiro atoms. The molecule has 2 aromatic heterocycles. The maximum Gasteiger partial charge on any atom is 0.434 e. The van der Waals surface area contributed by atoms with Crippen molar-refractivity contribution in [3.8, 4) is 0 Å². The van der Waals surface area contributed by atoms with Crippen molar-refractivity contribution in [2.45, 2.75) is 44.8 Å². The van der Waals surface area contributed by atoms with E-state index in [0.29, 0.717) is 24.9 Å². The number of allylic oxidation sites excluding steroid dienone is 6. The SMILES string of the molecule is C=C/C=C\C(=C/C=C)c1cnc(C(=O)NCC2OCCC(O)C2O)cn1.CC.Nc1cncc(C(F)(F)F)n1. The van der Waals surface area contributed by atoms with Gasteiger partial charge in [0.2, 0.25) is 0 Å². The molecule has 0 saturated carbocycles. The van der Waals surface area contributed by atoms with E-state index in [9.17, 15) is 28.2 Å². The number of nitrogens with zero attached hydrogens (tertiary/aromatic N) is 4. The third kappa shape index (κ3) is 11.1. The molecule has 10 nitrogen and oxygen atoms in total. The summed E-state index contributed by atoms with van der Waals surface area (Å²) in [5.41, 5.74) is 5.43. The lowest BCUT2D eigenvalue weighted by Gasteiger charge is -2.31. The molecule has 39 heavy (non-hydrogen) atoms. The lowest BCUT2D eigenvalue weighted by Crippen LogP contribution is -2.50. The predicted octanol–water partition coefficient (Wildman–Crippen LogP) is 3.13. The molecule has 3 atom stereocenters. The average Bonchev–Trinajstić information content (AvgIpc) is 2.93. The van der Waals surface area contributed by atoms with Gasteiger partial charge < -0.3 is 26.0 Å². The van der Waals surface area contributed by atoms with E-state index in [4.69, 9.17) is 10.5 Å². The second-order valence-corrected chi connectivity index (χ2v) is 7.53. The molecule has 3 rings (SSSR count). The molecule has 0 aromatic carbocycles. The highest BCUT2D eigenvalue weighted by Gasteiger charge is 2.33. The van der Waals surface area contributed by atoms with Gasteiger partial charge in [-0.2, -0.15) is 13.2 Å². The highest BCUT2D eigenvalue weighted by Crippen LogP contribution is 2.26. The molecule has 212 valence electrons. The fourth-order valence-corrected chi connectivity index (χ4v) is 2.96. The monoisotopic (exact) mass is 550 g/mol. The predicted molar refractivity (Wildman–Crippen MR) is 141 cm³/mol. The third-order valence-electron chi connectivity index (χ3n) is 4.82. The van der Waals surface area contributed by atoms with Gasteiger partial charge in [-0.05, 0) is 6.42 Å². The standard InChI is InChI=1S/C19H23N3O4.C5H4F3N3.C2H6/c1-3-5-7-13(6-4-2)14-10-21-15(11-20-14)19(25)22-12-17-18(24)16(23)8-9-26-17;6-5(7,8)3-1-10-2-4(9)11-3;1-2/h3-7,10-11,16-18,23-24H,1-2,8-9,12H2,(H,22,25);1-2H,(H2,9,11);1-2H3/b7-5-,13-6+;;. The van der Waals surface area contributed by atoms with E-state index >= 15 is 0 Å². The molecular formula is C26H33F3N6O4. The Balaban J connectivity index is 0.000000487. The molecule has 13 heteroatoms. The molecule has 1 saturated heterocycles. The average molecular weight is 551 g/mol. The summed E-state index contributed by atoms with van der Waals surface area (Å²) in [6, 6.07) is 0. The first-order valence-corrected chi connectivity index (χ1v) is 11.9. The van der Waals surface area contributed by atoms with Crippen LogP contribution in [-0.2, 0) is 10.9 Å². The van der Waals surface area contributed by atoms with E-state index in [-0.39, 0.29) is 18.1 Å². The summed E-state index contributed by atoms with van der Waals surface area (Å²) in [4.78, 5) is 26.8. The second kappa shape index (κ2) is 16.8. The Bertz CT molecular complexity index is 1120. The van der Waals surface area contributed by atoms with Crippen molar-refractivity contribution in [1.82, 2.24) is 25.3 Å². The fraction of sp³-hybridized carbons (Fsp3) is 0.346. The molecule has 5 N–H and O–H groups in total. The normalized spacial score (nSPS) is 19.2. The van der Waals surface area contributed by atoms with Gasteiger partial charge in [-0.3, -0.25) is 14.8 Å². The van der Waals surface area contributed by atoms with Crippen LogP contribution in [0.15, 0.2) is 68.3 Å². The number of hydrogen-bond donors (Lipinski definition) is 4. The molecule has 1 amide bonds. The molecule has 2 aromatic rings. The summed E-state index contributed by atoms with van der Waals surface area (Å²) in [7, 11) is 0. The van der Waals surface area contributed by atoms with Crippen LogP contribution >= 0.6 is 0 Å². The Labute approximate surface area is 224 Å². The van der Waals surface area contributed by atoms with Crippen LogP contribution in [0.5, 0.6) is 0 Å². The smallest absolute Gasteiger partial charge is 0.390 e. The Hall–Kier alpha value is -3.94. The van der Waals surface area contributed by atoms with Gasteiger partial charge in [-0.1, -0.05) is 57.4 Å². The van der Waals surface area contributed by atoms with Crippen LogP contribution in [0.4, 0.5) is 19.0 Å². The Kier molecular flexibility index (Phi) is 14.3. The van der Waals surface area contributed by atoms with Crippen LogP contribution in [0.1, 0.15) is 42.1 Å². The van der Waals surface area contributed by atoms with Crippen LogP contribution < -0.4 is 11.1 Å². The molecule has 3 heterocycles. The largest absolute Gasteiger partial charge is 0.434 e. The number of nitrogens with two attached hydrogens (primary N) is 1. The van der Waals surface area contributed by atoms with E-state index in [2.05, 4.69) is 38.4 Å². The van der Waals surface area contributed by atoms with Crippen molar-refractivity contribution in [3.63, 3.8) is 0 Å². The summed E-state index contributed by atoms with van der Waals surface area (Å²) < 4.78 is 40.8. The Morgan fingerprint density at radius 2 is 1.82 bits per heavy atom. The van der Waals surface area contributed by atoms with Gasteiger partial charge in [0.1, 0.15) is 23.7 Å². The van der Waals surface area contributed by atoms with Crippen molar-refractivity contribution in [1.29, 1.82) is 0 Å². The van der Waals surface area contributed by atoms with Crippen molar-refractivity contribution < 1.29 is 32.9 Å². The minimum Gasteiger partial charge on any atom is -0.390 e. The van der Waals surface area contributed by atoms with Crippen LogP contribution in [-0.4, -0.2) is 67.5 Å². The summed E-state index contributed by atoms with van der Waals surface area (Å²) in [6.07, 6.45) is 6.55. The Morgan fingerprint density at radius 1 is 1.15 bits per heavy atom. The molecule has 3 unspecified atom stereocenters. The highest BCUT2D eigenvalue weighted by molar-refractivity contribution is 5.92. The molecule has 1 aliphatic heterocycles. The molecule has 0 radical (unpaired) electrons. The lowest BCUT2D eigenvalue weighted by atomic mass is 10.0. The number of carbonyl (C=O) groups excluding carboxylic acids is 1. The van der Waals surface area contributed by atoms with Crippen molar-refractivity contribution in [2.24, 2.45) is 0 Å². The number of aliphatic hydroxyl groups is 2. The molecule has 0 bridgehead atoms. The summed E-state index contributed by atoms with van der Waals surface area (Å²) >= 11 is 0. The quantitative estimate of drug-likeness (QED) is 0.380. The molecule has 1 aliphatic rings. The number of ether oxygens (including phenoxy) is 1. The van der Waals surface area contributed by atoms with E-state index in [1.807, 2.05) is 19.9 Å². The zero-order chi connectivity index (χ0) is 29.4. The number of rotatable bonds is 7. The highest BCUT2D eigenvalue weighted by atomic mass is 19.4. The number of hydrogen-bond acceptors (Lipinski definition) is 9. The van der Waals surface area contributed by atoms with Gasteiger partial charge in [0.25, 0.3) is 5.91 Å². The van der Waals surface area contributed by atoms with Crippen LogP contribution in [0.2, 0.25) is 0 Å². The second-order valence-electron chi connectivity index (χ2n) is 7.53. The number of aromatic nitrogens is 4. The molecular weight excluding hydrogens is 517 g/mol. The van der Waals surface area contributed by atoms with Gasteiger partial charge in [-0.25, -0.2) is 9.97 Å². The van der Waals surface area contributed by atoms with Crippen LogP contribution in [0.3, 0.4) is 0 Å². The van der Waals surface area contributed by atoms with E-state index in [1.165, 1.54) is 12.4 Å². The number of nitrogens with one attached hydrogen (secondary N) is 1. The summed E-state index contributed by atoms with van der Waals surface area (Å²) in [6.45, 7) is 11.7. The number of amides is 1. The topological polar surface area (TPSA) is 156 Å². The number of aliphatic hydroxyl groups excluding tert-OH is 2. The van der Waals surface area contributed by atoms with Crippen LogP contribution in [0.25, 0.3) is 5.57 Å². The van der Waals surface area contributed by atoms with E-state index < -0.39 is 36.1 Å². The number of nitrogen functional groups attached to an aromatic ring is 1. The van der Waals surface area contributed by atoms with Crippen molar-refractivity contribution in [2.75, 3.05) is 18.9 Å². The molecule has 0 aliphatic carbocycles. The third-order valence-corrected chi connectivity index (χ3v) is 4.82. The number of carbonyl (C=O) groups is 1. The first-order chi connectivity index (χ1) is 18.6. The van der Waals surface area contributed by atoms with Crippen LogP contribution in [0, 0.1) is 0 Å². The van der Waals surface area contributed by atoms with Gasteiger partial charge in [0.05, 0.1) is 36.6 Å². The first kappa shape index (κ1) is 33.1. The van der Waals surface area contributed by atoms with Gasteiger partial charge in [0.15, 0.2) is 5.69 Å².